The van der Waals surface area contributed by atoms with E-state index in [0.717, 1.165) is 11.3 Å². The van der Waals surface area contributed by atoms with E-state index in [-0.39, 0.29) is 32.2 Å². The molecule has 162 valence electrons. The van der Waals surface area contributed by atoms with Gasteiger partial charge in [-0.15, -0.1) is 21.6 Å². The van der Waals surface area contributed by atoms with Crippen molar-refractivity contribution in [2.45, 2.75) is 4.21 Å². The van der Waals surface area contributed by atoms with Crippen LogP contribution in [0, 0.1) is 10.1 Å². The summed E-state index contributed by atoms with van der Waals surface area (Å²) in [5, 5.41) is 30.2. The first kappa shape index (κ1) is 21.1. The second-order valence-electron chi connectivity index (χ2n) is 6.40. The van der Waals surface area contributed by atoms with Crippen molar-refractivity contribution in [1.82, 2.24) is 4.98 Å². The number of anilines is 1. The number of non-ortho nitro benzene ring substituents is 1. The molecule has 3 N–H and O–H groups in total. The molecule has 11 nitrogen and oxygen atoms in total. The van der Waals surface area contributed by atoms with E-state index in [2.05, 4.69) is 19.9 Å². The summed E-state index contributed by atoms with van der Waals surface area (Å²) in [5.41, 5.74) is -0.0924. The number of nitrogens with one attached hydrogen (secondary N) is 2. The number of aromatic amines is 1. The molecule has 0 aliphatic rings. The number of aromatic hydroxyl groups is 1. The fourth-order valence-corrected chi connectivity index (χ4v) is 4.96. The third-order valence-corrected chi connectivity index (χ3v) is 7.11. The minimum absolute atomic E-state index is 0.00337. The molecule has 0 aliphatic heterocycles. The van der Waals surface area contributed by atoms with Crippen LogP contribution in [0.15, 0.2) is 74.4 Å². The van der Waals surface area contributed by atoms with Crippen LogP contribution >= 0.6 is 11.3 Å². The van der Waals surface area contributed by atoms with Gasteiger partial charge >= 0.3 is 0 Å². The van der Waals surface area contributed by atoms with Crippen LogP contribution in [0.25, 0.3) is 10.9 Å². The molecule has 0 spiro atoms. The van der Waals surface area contributed by atoms with E-state index in [9.17, 15) is 28.4 Å². The molecule has 0 atom stereocenters. The van der Waals surface area contributed by atoms with E-state index in [4.69, 9.17) is 0 Å². The molecule has 32 heavy (non-hydrogen) atoms. The van der Waals surface area contributed by atoms with E-state index < -0.39 is 26.7 Å². The van der Waals surface area contributed by atoms with Gasteiger partial charge in [-0.2, -0.15) is 0 Å². The fraction of sp³-hybridized carbons (Fsp3) is 0. The predicted molar refractivity (Wildman–Crippen MR) is 117 cm³/mol. The number of H-pyrrole nitrogens is 1. The summed E-state index contributed by atoms with van der Waals surface area (Å²) >= 11 is 1.02. The first-order valence-corrected chi connectivity index (χ1v) is 11.2. The van der Waals surface area contributed by atoms with Crippen LogP contribution in [0.3, 0.4) is 0 Å². The van der Waals surface area contributed by atoms with Gasteiger partial charge in [-0.1, -0.05) is 18.2 Å². The Hall–Kier alpha value is -4.10. The number of aromatic nitrogens is 1. The summed E-state index contributed by atoms with van der Waals surface area (Å²) in [6.07, 6.45) is 0. The van der Waals surface area contributed by atoms with Crippen molar-refractivity contribution in [3.05, 3.63) is 75.7 Å². The number of azo groups is 1. The topological polar surface area (TPSA) is 167 Å². The first-order valence-electron chi connectivity index (χ1n) is 8.87. The summed E-state index contributed by atoms with van der Waals surface area (Å²) in [6, 6.07) is 12.7. The van der Waals surface area contributed by atoms with Crippen LogP contribution in [0.2, 0.25) is 0 Å². The van der Waals surface area contributed by atoms with E-state index in [1.54, 1.807) is 17.5 Å². The lowest BCUT2D eigenvalue weighted by atomic mass is 10.2. The number of nitrogens with zero attached hydrogens (tertiary/aromatic N) is 3. The largest absolute Gasteiger partial charge is 0.493 e. The Kier molecular flexibility index (Phi) is 5.42. The number of hydrogen-bond donors (Lipinski definition) is 3. The number of hydrogen-bond acceptors (Lipinski definition) is 8. The van der Waals surface area contributed by atoms with Gasteiger partial charge in [-0.05, 0) is 29.6 Å². The summed E-state index contributed by atoms with van der Waals surface area (Å²) in [7, 11) is -3.90. The summed E-state index contributed by atoms with van der Waals surface area (Å²) in [4.78, 5) is 25.7. The number of carbonyl (C=O) groups excluding carboxylic acids is 1. The molecule has 0 unspecified atom stereocenters. The third kappa shape index (κ3) is 4.06. The first-order chi connectivity index (χ1) is 15.3. The Balaban J connectivity index is 1.66. The number of para-hydroxylation sites is 1. The average molecular weight is 471 g/mol. The van der Waals surface area contributed by atoms with E-state index in [1.807, 2.05) is 0 Å². The van der Waals surface area contributed by atoms with Gasteiger partial charge in [0.25, 0.3) is 21.6 Å². The van der Waals surface area contributed by atoms with Gasteiger partial charge in [0.05, 0.1) is 21.7 Å². The zero-order valence-corrected chi connectivity index (χ0v) is 17.6. The zero-order valence-electron chi connectivity index (χ0n) is 15.9. The average Bonchev–Trinajstić information content (AvgIpc) is 3.40. The van der Waals surface area contributed by atoms with Crippen molar-refractivity contribution in [3.8, 4) is 5.88 Å². The molecule has 0 saturated heterocycles. The highest BCUT2D eigenvalue weighted by Gasteiger charge is 2.20. The Labute approximate surface area is 184 Å². The van der Waals surface area contributed by atoms with Gasteiger partial charge in [0.15, 0.2) is 5.69 Å². The lowest BCUT2D eigenvalue weighted by Gasteiger charge is -2.09. The van der Waals surface area contributed by atoms with Crippen molar-refractivity contribution in [2.24, 2.45) is 10.2 Å². The number of amides is 1. The minimum atomic E-state index is -3.90. The Bertz CT molecular complexity index is 1480. The Morgan fingerprint density at radius 2 is 1.94 bits per heavy atom. The van der Waals surface area contributed by atoms with Gasteiger partial charge in [0.1, 0.15) is 4.21 Å². The van der Waals surface area contributed by atoms with Crippen LogP contribution in [0.5, 0.6) is 5.88 Å². The van der Waals surface area contributed by atoms with Crippen LogP contribution in [-0.2, 0) is 10.0 Å². The number of rotatable bonds is 6. The molecule has 0 aliphatic carbocycles. The molecule has 0 fully saturated rings. The summed E-state index contributed by atoms with van der Waals surface area (Å²) in [5.74, 6) is -1.31. The quantitative estimate of drug-likeness (QED) is 0.211. The number of carbonyl (C=O) groups is 1. The highest BCUT2D eigenvalue weighted by atomic mass is 32.2. The molecular formula is C19H13N5O6S2. The molecule has 0 bridgehead atoms. The number of nitro groups is 1. The molecule has 13 heteroatoms. The lowest BCUT2D eigenvalue weighted by molar-refractivity contribution is -0.384. The third-order valence-electron chi connectivity index (χ3n) is 4.35. The molecule has 0 saturated carbocycles. The maximum atomic E-state index is 12.7. The van der Waals surface area contributed by atoms with Gasteiger partial charge in [0, 0.05) is 17.5 Å². The smallest absolute Gasteiger partial charge is 0.297 e. The molecule has 1 amide bonds. The van der Waals surface area contributed by atoms with Gasteiger partial charge < -0.3 is 10.1 Å². The van der Waals surface area contributed by atoms with Crippen LogP contribution in [0.4, 0.5) is 17.1 Å². The lowest BCUT2D eigenvalue weighted by Crippen LogP contribution is -2.14. The van der Waals surface area contributed by atoms with Crippen molar-refractivity contribution < 1.29 is 23.2 Å². The number of nitro benzene ring substituents is 1. The van der Waals surface area contributed by atoms with E-state index in [0.29, 0.717) is 5.52 Å². The highest BCUT2D eigenvalue weighted by Crippen LogP contribution is 2.37. The van der Waals surface area contributed by atoms with Gasteiger partial charge in [-0.3, -0.25) is 19.6 Å². The predicted octanol–water partition coefficient (Wildman–Crippen LogP) is 4.57. The number of fused-ring (bicyclic) bond motifs is 1. The van der Waals surface area contributed by atoms with Gasteiger partial charge in [-0.25, -0.2) is 8.42 Å². The number of sulfonamides is 1. The molecule has 4 aromatic rings. The fourth-order valence-electron chi connectivity index (χ4n) is 2.89. The number of thiophene rings is 1. The van der Waals surface area contributed by atoms with Crippen molar-refractivity contribution in [3.63, 3.8) is 0 Å². The van der Waals surface area contributed by atoms with Crippen molar-refractivity contribution in [2.75, 3.05) is 4.72 Å². The Morgan fingerprint density at radius 3 is 2.66 bits per heavy atom. The monoisotopic (exact) mass is 471 g/mol. The van der Waals surface area contributed by atoms with Crippen LogP contribution < -0.4 is 4.72 Å². The maximum absolute atomic E-state index is 12.7. The molecule has 4 rings (SSSR count). The second kappa shape index (κ2) is 8.20. The van der Waals surface area contributed by atoms with E-state index >= 15 is 0 Å². The van der Waals surface area contributed by atoms with Crippen molar-refractivity contribution >= 4 is 55.2 Å². The second-order valence-corrected chi connectivity index (χ2v) is 9.25. The number of benzene rings is 2. The van der Waals surface area contributed by atoms with Gasteiger partial charge in [0.2, 0.25) is 5.88 Å². The van der Waals surface area contributed by atoms with Crippen LogP contribution in [0.1, 0.15) is 10.4 Å². The zero-order chi connectivity index (χ0) is 22.9. The van der Waals surface area contributed by atoms with Crippen LogP contribution in [-0.4, -0.2) is 29.3 Å². The molecule has 2 heterocycles. The molecule has 0 radical (unpaired) electrons. The Morgan fingerprint density at radius 1 is 1.16 bits per heavy atom. The summed E-state index contributed by atoms with van der Waals surface area (Å²) < 4.78 is 27.4. The molecule has 2 aromatic heterocycles. The van der Waals surface area contributed by atoms with Crippen molar-refractivity contribution in [1.29, 1.82) is 0 Å². The summed E-state index contributed by atoms with van der Waals surface area (Å²) in [6.45, 7) is 0. The minimum Gasteiger partial charge on any atom is -0.493 e. The molecular weight excluding hydrogens is 458 g/mol. The highest BCUT2D eigenvalue weighted by molar-refractivity contribution is 7.94. The normalized spacial score (nSPS) is 11.8. The molecule has 2 aromatic carbocycles. The maximum Gasteiger partial charge on any atom is 0.297 e. The SMILES string of the molecule is O=C(N=Nc1c(O)[nH]c2ccc([N+](=O)[O-])cc12)c1ccccc1NS(=O)(=O)c1cccs1. The van der Waals surface area contributed by atoms with E-state index in [1.165, 1.54) is 42.5 Å². The standard InChI is InChI=1S/C19H13N5O6S2/c25-18(12-4-1-2-5-15(12)23-32(29,30)16-6-3-9-31-16)22-21-17-13-10-11(24(27)28)7-8-14(13)20-19(17)26/h1-10,20,23,26H.